The molecule has 7 nitrogen and oxygen atoms in total. The molecule has 0 bridgehead atoms. The van der Waals surface area contributed by atoms with Gasteiger partial charge >= 0.3 is 5.69 Å². The molecule has 1 N–H and O–H groups in total. The summed E-state index contributed by atoms with van der Waals surface area (Å²) in [6, 6.07) is 32.4. The summed E-state index contributed by atoms with van der Waals surface area (Å²) < 4.78 is 11.1. The number of hydrogen-bond donors (Lipinski definition) is 1. The monoisotopic (exact) mass is 540 g/mol. The molecule has 0 aromatic heterocycles. The summed E-state index contributed by atoms with van der Waals surface area (Å²) in [5.74, 6) is 0.978. The minimum Gasteiger partial charge on any atom is -0.497 e. The van der Waals surface area contributed by atoms with Gasteiger partial charge in [-0.2, -0.15) is 0 Å². The molecule has 0 spiro atoms. The van der Waals surface area contributed by atoms with Gasteiger partial charge in [0.15, 0.2) is 5.75 Å². The smallest absolute Gasteiger partial charge is 0.311 e. The van der Waals surface area contributed by atoms with Crippen molar-refractivity contribution in [2.45, 2.75) is 45.1 Å². The first-order valence-electron chi connectivity index (χ1n) is 13.4. The van der Waals surface area contributed by atoms with Crippen LogP contribution in [0.5, 0.6) is 11.5 Å². The van der Waals surface area contributed by atoms with Gasteiger partial charge < -0.3 is 14.6 Å². The van der Waals surface area contributed by atoms with Gasteiger partial charge in [-0.3, -0.25) is 15.0 Å². The third-order valence-corrected chi connectivity index (χ3v) is 7.22. The van der Waals surface area contributed by atoms with Crippen LogP contribution in [-0.4, -0.2) is 34.6 Å². The first-order chi connectivity index (χ1) is 19.4. The molecule has 0 radical (unpaired) electrons. The van der Waals surface area contributed by atoms with Crippen LogP contribution in [0.2, 0.25) is 0 Å². The van der Waals surface area contributed by atoms with Crippen molar-refractivity contribution in [1.29, 1.82) is 0 Å². The van der Waals surface area contributed by atoms with E-state index in [0.717, 1.165) is 28.9 Å². The molecule has 40 heavy (non-hydrogen) atoms. The summed E-state index contributed by atoms with van der Waals surface area (Å²) >= 11 is 0. The van der Waals surface area contributed by atoms with E-state index >= 15 is 0 Å². The van der Waals surface area contributed by atoms with Gasteiger partial charge in [0.1, 0.15) is 12.4 Å². The minimum atomic E-state index is -0.939. The molecule has 0 aliphatic rings. The first-order valence-corrected chi connectivity index (χ1v) is 13.4. The summed E-state index contributed by atoms with van der Waals surface area (Å²) in [4.78, 5) is 13.7. The van der Waals surface area contributed by atoms with Gasteiger partial charge in [-0.1, -0.05) is 78.9 Å². The van der Waals surface area contributed by atoms with Crippen LogP contribution in [0.4, 0.5) is 5.69 Å². The molecule has 4 rings (SSSR count). The Morgan fingerprint density at radius 1 is 0.850 bits per heavy atom. The van der Waals surface area contributed by atoms with Gasteiger partial charge in [0.2, 0.25) is 0 Å². The number of methoxy groups -OCH3 is 1. The molecule has 0 heterocycles. The highest BCUT2D eigenvalue weighted by Gasteiger charge is 2.27. The summed E-state index contributed by atoms with van der Waals surface area (Å²) in [6.45, 7) is 4.78. The van der Waals surface area contributed by atoms with E-state index in [4.69, 9.17) is 9.47 Å². The molecule has 4 aromatic carbocycles. The zero-order chi connectivity index (χ0) is 28.5. The van der Waals surface area contributed by atoms with Crippen LogP contribution >= 0.6 is 0 Å². The maximum Gasteiger partial charge on any atom is 0.311 e. The third-order valence-electron chi connectivity index (χ3n) is 7.22. The van der Waals surface area contributed by atoms with Crippen molar-refractivity contribution in [3.8, 4) is 11.5 Å². The van der Waals surface area contributed by atoms with E-state index in [-0.39, 0.29) is 30.1 Å². The Hall–Kier alpha value is -4.20. The van der Waals surface area contributed by atoms with Crippen molar-refractivity contribution in [1.82, 2.24) is 4.90 Å². The van der Waals surface area contributed by atoms with Gasteiger partial charge in [0.25, 0.3) is 0 Å². The lowest BCUT2D eigenvalue weighted by Crippen LogP contribution is -2.39. The molecule has 0 saturated heterocycles. The van der Waals surface area contributed by atoms with Crippen molar-refractivity contribution in [3.05, 3.63) is 135 Å². The SMILES string of the molecule is COc1ccc(CC(C)N(C[C@H](O)c2ccc(OCc3ccccc3)c([N+](=O)[O-])c2)[C@H](C)c2ccccc2)cc1. The lowest BCUT2D eigenvalue weighted by molar-refractivity contribution is -0.386. The Morgan fingerprint density at radius 3 is 2.12 bits per heavy atom. The molecule has 4 aromatic rings. The van der Waals surface area contributed by atoms with Crippen LogP contribution in [0.1, 0.15) is 48.2 Å². The van der Waals surface area contributed by atoms with Gasteiger partial charge in [-0.25, -0.2) is 0 Å². The number of aliphatic hydroxyl groups is 1. The number of aliphatic hydroxyl groups excluding tert-OH is 1. The normalized spacial score (nSPS) is 13.4. The van der Waals surface area contributed by atoms with Crippen molar-refractivity contribution in [2.24, 2.45) is 0 Å². The molecule has 3 atom stereocenters. The second-order valence-electron chi connectivity index (χ2n) is 9.96. The molecular weight excluding hydrogens is 504 g/mol. The van der Waals surface area contributed by atoms with Crippen molar-refractivity contribution in [3.63, 3.8) is 0 Å². The van der Waals surface area contributed by atoms with E-state index in [1.165, 1.54) is 6.07 Å². The number of nitro benzene ring substituents is 1. The van der Waals surface area contributed by atoms with Crippen LogP contribution in [0.15, 0.2) is 103 Å². The van der Waals surface area contributed by atoms with Gasteiger partial charge in [-0.05, 0) is 60.7 Å². The maximum absolute atomic E-state index is 11.9. The number of rotatable bonds is 13. The number of hydrogen-bond acceptors (Lipinski definition) is 6. The van der Waals surface area contributed by atoms with Crippen molar-refractivity contribution in [2.75, 3.05) is 13.7 Å². The Morgan fingerprint density at radius 2 is 1.50 bits per heavy atom. The van der Waals surface area contributed by atoms with Gasteiger partial charge in [0, 0.05) is 24.7 Å². The topological polar surface area (TPSA) is 85.1 Å². The quantitative estimate of drug-likeness (QED) is 0.147. The molecular formula is C33H36N2O5. The fourth-order valence-electron chi connectivity index (χ4n) is 4.91. The third kappa shape index (κ3) is 7.46. The fraction of sp³-hybridized carbons (Fsp3) is 0.273. The predicted octanol–water partition coefficient (Wildman–Crippen LogP) is 6.91. The maximum atomic E-state index is 11.9. The standard InChI is InChI=1S/C33H36N2O5/c1-24(20-26-14-17-30(39-3)18-15-26)34(25(2)28-12-8-5-9-13-28)22-32(36)29-16-19-33(31(21-29)35(37)38)40-23-27-10-6-4-7-11-27/h4-19,21,24-25,32,36H,20,22-23H2,1-3H3/t24?,25-,32+/m1/s1. The molecule has 0 saturated carbocycles. The first kappa shape index (κ1) is 28.8. The Bertz CT molecular complexity index is 1360. The second-order valence-corrected chi connectivity index (χ2v) is 9.96. The van der Waals surface area contributed by atoms with Crippen LogP contribution in [-0.2, 0) is 13.0 Å². The number of ether oxygens (including phenoxy) is 2. The van der Waals surface area contributed by atoms with Crippen LogP contribution < -0.4 is 9.47 Å². The van der Waals surface area contributed by atoms with E-state index in [1.54, 1.807) is 19.2 Å². The highest BCUT2D eigenvalue weighted by molar-refractivity contribution is 5.49. The number of benzene rings is 4. The van der Waals surface area contributed by atoms with Crippen LogP contribution in [0.3, 0.4) is 0 Å². The van der Waals surface area contributed by atoms with Crippen molar-refractivity contribution >= 4 is 5.69 Å². The molecule has 208 valence electrons. The van der Waals surface area contributed by atoms with E-state index in [9.17, 15) is 15.2 Å². The Balaban J connectivity index is 1.55. The van der Waals surface area contributed by atoms with Gasteiger partial charge in [0.05, 0.1) is 18.1 Å². The summed E-state index contributed by atoms with van der Waals surface area (Å²) in [5.41, 5.74) is 3.51. The zero-order valence-electron chi connectivity index (χ0n) is 23.1. The molecule has 0 aliphatic heterocycles. The summed E-state index contributed by atoms with van der Waals surface area (Å²) in [5, 5.41) is 23.3. The number of nitrogens with zero attached hydrogens (tertiary/aromatic N) is 2. The zero-order valence-corrected chi connectivity index (χ0v) is 23.1. The van der Waals surface area contributed by atoms with Crippen molar-refractivity contribution < 1.29 is 19.5 Å². The average molecular weight is 541 g/mol. The van der Waals surface area contributed by atoms with Crippen LogP contribution in [0.25, 0.3) is 0 Å². The lowest BCUT2D eigenvalue weighted by Gasteiger charge is -2.36. The highest BCUT2D eigenvalue weighted by atomic mass is 16.6. The fourth-order valence-corrected chi connectivity index (χ4v) is 4.91. The summed E-state index contributed by atoms with van der Waals surface area (Å²) in [6.07, 6.45) is -0.174. The average Bonchev–Trinajstić information content (AvgIpc) is 2.99. The molecule has 0 amide bonds. The largest absolute Gasteiger partial charge is 0.497 e. The number of nitro groups is 1. The van der Waals surface area contributed by atoms with E-state index in [2.05, 4.69) is 43.0 Å². The Kier molecular flexibility index (Phi) is 9.89. The Labute approximate surface area is 235 Å². The van der Waals surface area contributed by atoms with E-state index in [0.29, 0.717) is 12.1 Å². The molecule has 0 aliphatic carbocycles. The molecule has 0 fully saturated rings. The lowest BCUT2D eigenvalue weighted by atomic mass is 9.99. The second kappa shape index (κ2) is 13.7. The van der Waals surface area contributed by atoms with E-state index < -0.39 is 11.0 Å². The highest BCUT2D eigenvalue weighted by Crippen LogP contribution is 2.33. The van der Waals surface area contributed by atoms with Gasteiger partial charge in [-0.15, -0.1) is 0 Å². The molecule has 7 heteroatoms. The predicted molar refractivity (Wildman–Crippen MR) is 157 cm³/mol. The summed E-state index contributed by atoms with van der Waals surface area (Å²) in [7, 11) is 1.65. The molecule has 1 unspecified atom stereocenters. The minimum absolute atomic E-state index is 0.00700. The van der Waals surface area contributed by atoms with E-state index in [1.807, 2.05) is 60.7 Å². The van der Waals surface area contributed by atoms with Crippen LogP contribution in [0, 0.1) is 10.1 Å².